The average molecular weight is 223 g/mol. The number of ether oxygens (including phenoxy) is 1. The smallest absolute Gasteiger partial charge is 0.126 e. The molecular weight excluding hydrogens is 205 g/mol. The van der Waals surface area contributed by atoms with E-state index in [4.69, 9.17) is 4.74 Å². The Bertz CT molecular complexity index is 323. The summed E-state index contributed by atoms with van der Waals surface area (Å²) < 4.78 is 18.6. The lowest BCUT2D eigenvalue weighted by molar-refractivity contribution is 0.185. The minimum atomic E-state index is -0.103. The Hall–Kier alpha value is -0.930. The number of hydrogen-bond acceptors (Lipinski definition) is 2. The summed E-state index contributed by atoms with van der Waals surface area (Å²) in [5.41, 5.74) is 0.790. The molecule has 2 nitrogen and oxygen atoms in total. The van der Waals surface area contributed by atoms with Crippen LogP contribution >= 0.6 is 0 Å². The first-order valence-corrected chi connectivity index (χ1v) is 5.88. The van der Waals surface area contributed by atoms with Crippen LogP contribution in [0.1, 0.15) is 12.0 Å². The molecule has 0 amide bonds. The van der Waals surface area contributed by atoms with Gasteiger partial charge in [0.2, 0.25) is 0 Å². The largest absolute Gasteiger partial charge is 0.381 e. The summed E-state index contributed by atoms with van der Waals surface area (Å²) in [5, 5.41) is 3.36. The van der Waals surface area contributed by atoms with Crippen LogP contribution in [0.5, 0.6) is 0 Å². The molecule has 0 aromatic heterocycles. The molecule has 0 saturated carbocycles. The van der Waals surface area contributed by atoms with Crippen molar-refractivity contribution in [1.29, 1.82) is 0 Å². The second-order valence-electron chi connectivity index (χ2n) is 4.28. The molecule has 0 bridgehead atoms. The summed E-state index contributed by atoms with van der Waals surface area (Å²) >= 11 is 0. The van der Waals surface area contributed by atoms with Gasteiger partial charge >= 0.3 is 0 Å². The highest BCUT2D eigenvalue weighted by Crippen LogP contribution is 2.11. The van der Waals surface area contributed by atoms with Gasteiger partial charge in [-0.15, -0.1) is 0 Å². The summed E-state index contributed by atoms with van der Waals surface area (Å²) in [4.78, 5) is 0. The summed E-state index contributed by atoms with van der Waals surface area (Å²) in [6, 6.07) is 6.96. The molecule has 0 spiro atoms. The van der Waals surface area contributed by atoms with Gasteiger partial charge in [0.05, 0.1) is 6.61 Å². The Labute approximate surface area is 95.8 Å². The standard InChI is InChI=1S/C13H18FNO/c14-13-4-2-1-3-12(13)5-7-15-9-11-6-8-16-10-11/h1-4,11,15H,5-10H2. The normalized spacial score (nSPS) is 20.2. The van der Waals surface area contributed by atoms with Crippen molar-refractivity contribution >= 4 is 0 Å². The second kappa shape index (κ2) is 5.97. The van der Waals surface area contributed by atoms with Crippen LogP contribution < -0.4 is 5.32 Å². The molecular formula is C13H18FNO. The van der Waals surface area contributed by atoms with Crippen LogP contribution in [-0.2, 0) is 11.2 Å². The van der Waals surface area contributed by atoms with Gasteiger partial charge in [0.15, 0.2) is 0 Å². The molecule has 1 unspecified atom stereocenters. The van der Waals surface area contributed by atoms with Crippen LogP contribution in [-0.4, -0.2) is 26.3 Å². The molecule has 1 saturated heterocycles. The third kappa shape index (κ3) is 3.29. The highest BCUT2D eigenvalue weighted by molar-refractivity contribution is 5.17. The zero-order chi connectivity index (χ0) is 11.2. The summed E-state index contributed by atoms with van der Waals surface area (Å²) in [6.45, 7) is 3.57. The Morgan fingerprint density at radius 2 is 2.25 bits per heavy atom. The third-order valence-corrected chi connectivity index (χ3v) is 2.99. The molecule has 88 valence electrons. The van der Waals surface area contributed by atoms with Crippen LogP contribution in [0.2, 0.25) is 0 Å². The second-order valence-corrected chi connectivity index (χ2v) is 4.28. The van der Waals surface area contributed by atoms with E-state index in [-0.39, 0.29) is 5.82 Å². The molecule has 1 aliphatic rings. The van der Waals surface area contributed by atoms with E-state index in [0.717, 1.165) is 44.7 Å². The lowest BCUT2D eigenvalue weighted by atomic mass is 10.1. The molecule has 1 fully saturated rings. The summed E-state index contributed by atoms with van der Waals surface area (Å²) in [5.74, 6) is 0.536. The minimum absolute atomic E-state index is 0.103. The quantitative estimate of drug-likeness (QED) is 0.771. The zero-order valence-electron chi connectivity index (χ0n) is 9.42. The summed E-state index contributed by atoms with van der Waals surface area (Å²) in [6.07, 6.45) is 1.90. The van der Waals surface area contributed by atoms with Crippen LogP contribution in [0.25, 0.3) is 0 Å². The Balaban J connectivity index is 1.66. The Morgan fingerprint density at radius 3 is 3.00 bits per heavy atom. The Morgan fingerprint density at radius 1 is 1.38 bits per heavy atom. The van der Waals surface area contributed by atoms with E-state index < -0.39 is 0 Å². The molecule has 1 aromatic carbocycles. The minimum Gasteiger partial charge on any atom is -0.381 e. The molecule has 1 heterocycles. The van der Waals surface area contributed by atoms with Gasteiger partial charge in [-0.1, -0.05) is 18.2 Å². The van der Waals surface area contributed by atoms with Crippen LogP contribution in [0.4, 0.5) is 4.39 Å². The number of benzene rings is 1. The van der Waals surface area contributed by atoms with Gasteiger partial charge in [-0.2, -0.15) is 0 Å². The van der Waals surface area contributed by atoms with Gasteiger partial charge in [0.1, 0.15) is 5.82 Å². The van der Waals surface area contributed by atoms with E-state index >= 15 is 0 Å². The van der Waals surface area contributed by atoms with Gasteiger partial charge < -0.3 is 10.1 Å². The molecule has 16 heavy (non-hydrogen) atoms. The van der Waals surface area contributed by atoms with Crippen molar-refractivity contribution in [1.82, 2.24) is 5.32 Å². The zero-order valence-corrected chi connectivity index (χ0v) is 9.42. The van der Waals surface area contributed by atoms with Crippen molar-refractivity contribution in [3.8, 4) is 0 Å². The molecule has 2 rings (SSSR count). The van der Waals surface area contributed by atoms with Crippen molar-refractivity contribution in [3.63, 3.8) is 0 Å². The molecule has 1 aliphatic heterocycles. The first-order valence-electron chi connectivity index (χ1n) is 5.88. The predicted molar refractivity (Wildman–Crippen MR) is 61.9 cm³/mol. The van der Waals surface area contributed by atoms with Gasteiger partial charge in [-0.25, -0.2) is 4.39 Å². The van der Waals surface area contributed by atoms with Gasteiger partial charge in [0.25, 0.3) is 0 Å². The van der Waals surface area contributed by atoms with Crippen molar-refractivity contribution in [2.75, 3.05) is 26.3 Å². The summed E-state index contributed by atoms with van der Waals surface area (Å²) in [7, 11) is 0. The number of nitrogens with one attached hydrogen (secondary N) is 1. The molecule has 1 atom stereocenters. The van der Waals surface area contributed by atoms with E-state index in [2.05, 4.69) is 5.32 Å². The van der Waals surface area contributed by atoms with E-state index in [9.17, 15) is 4.39 Å². The molecule has 1 aromatic rings. The number of rotatable bonds is 5. The number of hydrogen-bond donors (Lipinski definition) is 1. The lowest BCUT2D eigenvalue weighted by Crippen LogP contribution is -2.25. The third-order valence-electron chi connectivity index (χ3n) is 2.99. The predicted octanol–water partition coefficient (Wildman–Crippen LogP) is 1.99. The maximum absolute atomic E-state index is 13.3. The van der Waals surface area contributed by atoms with Crippen LogP contribution in [0, 0.1) is 11.7 Å². The van der Waals surface area contributed by atoms with Crippen molar-refractivity contribution in [2.45, 2.75) is 12.8 Å². The van der Waals surface area contributed by atoms with E-state index in [1.165, 1.54) is 6.07 Å². The van der Waals surface area contributed by atoms with Crippen LogP contribution in [0.15, 0.2) is 24.3 Å². The topological polar surface area (TPSA) is 21.3 Å². The molecule has 3 heteroatoms. The monoisotopic (exact) mass is 223 g/mol. The highest BCUT2D eigenvalue weighted by atomic mass is 19.1. The van der Waals surface area contributed by atoms with Gasteiger partial charge in [-0.3, -0.25) is 0 Å². The van der Waals surface area contributed by atoms with Gasteiger partial charge in [-0.05, 0) is 36.9 Å². The molecule has 0 radical (unpaired) electrons. The fraction of sp³-hybridized carbons (Fsp3) is 0.538. The van der Waals surface area contributed by atoms with Crippen molar-refractivity contribution in [3.05, 3.63) is 35.6 Å². The first-order chi connectivity index (χ1) is 7.86. The fourth-order valence-electron chi connectivity index (χ4n) is 1.97. The van der Waals surface area contributed by atoms with E-state index in [1.807, 2.05) is 12.1 Å². The average Bonchev–Trinajstić information content (AvgIpc) is 2.79. The van der Waals surface area contributed by atoms with E-state index in [1.54, 1.807) is 6.07 Å². The maximum Gasteiger partial charge on any atom is 0.126 e. The fourth-order valence-corrected chi connectivity index (χ4v) is 1.97. The van der Waals surface area contributed by atoms with Gasteiger partial charge in [0, 0.05) is 13.2 Å². The Kier molecular flexibility index (Phi) is 4.31. The maximum atomic E-state index is 13.3. The molecule has 0 aliphatic carbocycles. The van der Waals surface area contributed by atoms with Crippen molar-refractivity contribution < 1.29 is 9.13 Å². The lowest BCUT2D eigenvalue weighted by Gasteiger charge is -2.09. The first kappa shape index (κ1) is 11.6. The highest BCUT2D eigenvalue weighted by Gasteiger charge is 2.14. The number of halogens is 1. The van der Waals surface area contributed by atoms with Crippen molar-refractivity contribution in [2.24, 2.45) is 5.92 Å². The van der Waals surface area contributed by atoms with Crippen LogP contribution in [0.3, 0.4) is 0 Å². The SMILES string of the molecule is Fc1ccccc1CCNCC1CCOC1. The van der Waals surface area contributed by atoms with E-state index in [0.29, 0.717) is 5.92 Å². The molecule has 1 N–H and O–H groups in total.